The monoisotopic (exact) mass is 235 g/mol. The van der Waals surface area contributed by atoms with E-state index in [1.54, 1.807) is 10.9 Å². The first kappa shape index (κ1) is 11.7. The van der Waals surface area contributed by atoms with Crippen molar-refractivity contribution in [2.24, 2.45) is 0 Å². The standard InChI is InChI=1S/C12H14FN3O/c1-8(2)11-3-4-16(15-11)12-9(7-17)5-10(13)6-14-12/h3-6,8,17H,7H2,1-2H3. The predicted octanol–water partition coefficient (Wildman–Crippen LogP) is 2.02. The number of aliphatic hydroxyl groups excluding tert-OH is 1. The minimum Gasteiger partial charge on any atom is -0.392 e. The van der Waals surface area contributed by atoms with Crippen LogP contribution in [-0.2, 0) is 6.61 Å². The van der Waals surface area contributed by atoms with Gasteiger partial charge in [-0.3, -0.25) is 0 Å². The molecule has 0 radical (unpaired) electrons. The second kappa shape index (κ2) is 4.63. The van der Waals surface area contributed by atoms with Crippen LogP contribution in [-0.4, -0.2) is 19.9 Å². The molecule has 0 saturated heterocycles. The first-order chi connectivity index (χ1) is 8.11. The molecular weight excluding hydrogens is 221 g/mol. The molecule has 0 aromatic carbocycles. The van der Waals surface area contributed by atoms with E-state index in [4.69, 9.17) is 0 Å². The van der Waals surface area contributed by atoms with E-state index < -0.39 is 5.82 Å². The average molecular weight is 235 g/mol. The average Bonchev–Trinajstić information content (AvgIpc) is 2.78. The maximum absolute atomic E-state index is 13.0. The normalized spacial score (nSPS) is 11.1. The molecule has 1 N–H and O–H groups in total. The fourth-order valence-corrected chi connectivity index (χ4v) is 1.56. The van der Waals surface area contributed by atoms with Gasteiger partial charge in [-0.2, -0.15) is 5.10 Å². The molecule has 0 bridgehead atoms. The number of hydrogen-bond donors (Lipinski definition) is 1. The Morgan fingerprint density at radius 1 is 1.47 bits per heavy atom. The highest BCUT2D eigenvalue weighted by molar-refractivity contribution is 5.33. The topological polar surface area (TPSA) is 50.9 Å². The molecule has 0 amide bonds. The van der Waals surface area contributed by atoms with Crippen LogP contribution >= 0.6 is 0 Å². The van der Waals surface area contributed by atoms with Crippen LogP contribution < -0.4 is 0 Å². The highest BCUT2D eigenvalue weighted by Crippen LogP contribution is 2.16. The summed E-state index contributed by atoms with van der Waals surface area (Å²) in [6.07, 6.45) is 2.87. The van der Waals surface area contributed by atoms with Crippen molar-refractivity contribution in [2.45, 2.75) is 26.4 Å². The Morgan fingerprint density at radius 2 is 2.24 bits per heavy atom. The fourth-order valence-electron chi connectivity index (χ4n) is 1.56. The number of halogens is 1. The third kappa shape index (κ3) is 2.34. The Kier molecular flexibility index (Phi) is 3.19. The van der Waals surface area contributed by atoms with Crippen LogP contribution in [0, 0.1) is 5.82 Å². The number of pyridine rings is 1. The third-order valence-corrected chi connectivity index (χ3v) is 2.50. The SMILES string of the molecule is CC(C)c1ccn(-c2ncc(F)cc2CO)n1. The first-order valence-corrected chi connectivity index (χ1v) is 5.43. The van der Waals surface area contributed by atoms with E-state index >= 15 is 0 Å². The van der Waals surface area contributed by atoms with E-state index in [1.807, 2.05) is 19.9 Å². The van der Waals surface area contributed by atoms with Crippen molar-refractivity contribution in [3.05, 3.63) is 41.6 Å². The van der Waals surface area contributed by atoms with E-state index in [0.717, 1.165) is 11.9 Å². The van der Waals surface area contributed by atoms with Gasteiger partial charge in [-0.25, -0.2) is 14.1 Å². The van der Waals surface area contributed by atoms with Gasteiger partial charge >= 0.3 is 0 Å². The van der Waals surface area contributed by atoms with Crippen LogP contribution in [0.15, 0.2) is 24.5 Å². The van der Waals surface area contributed by atoms with E-state index in [0.29, 0.717) is 17.3 Å². The lowest BCUT2D eigenvalue weighted by Gasteiger charge is -2.06. The van der Waals surface area contributed by atoms with Crippen LogP contribution in [0.5, 0.6) is 0 Å². The lowest BCUT2D eigenvalue weighted by atomic mass is 10.1. The van der Waals surface area contributed by atoms with Crippen molar-refractivity contribution in [1.82, 2.24) is 14.8 Å². The number of hydrogen-bond acceptors (Lipinski definition) is 3. The van der Waals surface area contributed by atoms with Gasteiger partial charge in [0.2, 0.25) is 0 Å². The van der Waals surface area contributed by atoms with E-state index in [-0.39, 0.29) is 6.61 Å². The Morgan fingerprint density at radius 3 is 2.82 bits per heavy atom. The third-order valence-electron chi connectivity index (χ3n) is 2.50. The smallest absolute Gasteiger partial charge is 0.158 e. The molecule has 2 aromatic rings. The molecule has 2 aromatic heterocycles. The van der Waals surface area contributed by atoms with Gasteiger partial charge in [-0.05, 0) is 18.1 Å². The van der Waals surface area contributed by atoms with Crippen LogP contribution in [0.4, 0.5) is 4.39 Å². The summed E-state index contributed by atoms with van der Waals surface area (Å²) in [6, 6.07) is 3.15. The van der Waals surface area contributed by atoms with Crippen LogP contribution in [0.25, 0.3) is 5.82 Å². The highest BCUT2D eigenvalue weighted by Gasteiger charge is 2.10. The minimum atomic E-state index is -0.464. The molecule has 2 rings (SSSR count). The van der Waals surface area contributed by atoms with Gasteiger partial charge in [0.15, 0.2) is 5.82 Å². The molecule has 0 aliphatic heterocycles. The molecule has 17 heavy (non-hydrogen) atoms. The molecule has 0 unspecified atom stereocenters. The number of rotatable bonds is 3. The summed E-state index contributed by atoms with van der Waals surface area (Å²) in [5.41, 5.74) is 1.35. The van der Waals surface area contributed by atoms with Crippen molar-refractivity contribution in [1.29, 1.82) is 0 Å². The Balaban J connectivity index is 2.44. The zero-order valence-electron chi connectivity index (χ0n) is 9.76. The van der Waals surface area contributed by atoms with E-state index in [1.165, 1.54) is 6.07 Å². The molecule has 5 heteroatoms. The van der Waals surface area contributed by atoms with Gasteiger partial charge in [-0.1, -0.05) is 13.8 Å². The molecule has 90 valence electrons. The zero-order valence-corrected chi connectivity index (χ0v) is 9.76. The molecule has 0 aliphatic carbocycles. The number of aliphatic hydroxyl groups is 1. The Bertz CT molecular complexity index is 522. The van der Waals surface area contributed by atoms with Gasteiger partial charge < -0.3 is 5.11 Å². The maximum Gasteiger partial charge on any atom is 0.158 e. The highest BCUT2D eigenvalue weighted by atomic mass is 19.1. The van der Waals surface area contributed by atoms with Crippen molar-refractivity contribution >= 4 is 0 Å². The molecule has 0 spiro atoms. The molecular formula is C12H14FN3O. The lowest BCUT2D eigenvalue weighted by Crippen LogP contribution is -2.05. The molecule has 0 saturated carbocycles. The summed E-state index contributed by atoms with van der Waals surface area (Å²) < 4.78 is 14.5. The molecule has 0 fully saturated rings. The van der Waals surface area contributed by atoms with Crippen molar-refractivity contribution in [2.75, 3.05) is 0 Å². The van der Waals surface area contributed by atoms with Crippen molar-refractivity contribution < 1.29 is 9.50 Å². The molecule has 4 nitrogen and oxygen atoms in total. The quantitative estimate of drug-likeness (QED) is 0.885. The largest absolute Gasteiger partial charge is 0.392 e. The van der Waals surface area contributed by atoms with Gasteiger partial charge in [0, 0.05) is 11.8 Å². The second-order valence-corrected chi connectivity index (χ2v) is 4.13. The van der Waals surface area contributed by atoms with E-state index in [9.17, 15) is 9.50 Å². The Labute approximate surface area is 98.7 Å². The molecule has 0 atom stereocenters. The summed E-state index contributed by atoms with van der Waals surface area (Å²) in [5.74, 6) is 0.309. The van der Waals surface area contributed by atoms with Crippen molar-refractivity contribution in [3.63, 3.8) is 0 Å². The fraction of sp³-hybridized carbons (Fsp3) is 0.333. The van der Waals surface area contributed by atoms with Crippen molar-refractivity contribution in [3.8, 4) is 5.82 Å². The van der Waals surface area contributed by atoms with Crippen LogP contribution in [0.1, 0.15) is 31.0 Å². The predicted molar refractivity (Wildman–Crippen MR) is 61.3 cm³/mol. The zero-order chi connectivity index (χ0) is 12.4. The summed E-state index contributed by atoms with van der Waals surface area (Å²) in [7, 11) is 0. The summed E-state index contributed by atoms with van der Waals surface area (Å²) in [6.45, 7) is 3.81. The Hall–Kier alpha value is -1.75. The van der Waals surface area contributed by atoms with E-state index in [2.05, 4.69) is 10.1 Å². The van der Waals surface area contributed by atoms with Gasteiger partial charge in [0.05, 0.1) is 18.5 Å². The summed E-state index contributed by atoms with van der Waals surface area (Å²) in [4.78, 5) is 3.96. The summed E-state index contributed by atoms with van der Waals surface area (Å²) >= 11 is 0. The first-order valence-electron chi connectivity index (χ1n) is 5.43. The maximum atomic E-state index is 13.0. The summed E-state index contributed by atoms with van der Waals surface area (Å²) in [5, 5.41) is 13.5. The van der Waals surface area contributed by atoms with Gasteiger partial charge in [0.25, 0.3) is 0 Å². The minimum absolute atomic E-state index is 0.267. The van der Waals surface area contributed by atoms with Crippen LogP contribution in [0.3, 0.4) is 0 Å². The molecule has 0 aliphatic rings. The van der Waals surface area contributed by atoms with Gasteiger partial charge in [0.1, 0.15) is 5.82 Å². The number of aromatic nitrogens is 3. The second-order valence-electron chi connectivity index (χ2n) is 4.13. The number of nitrogens with zero attached hydrogens (tertiary/aromatic N) is 3. The van der Waals surface area contributed by atoms with Crippen LogP contribution in [0.2, 0.25) is 0 Å². The lowest BCUT2D eigenvalue weighted by molar-refractivity contribution is 0.280. The van der Waals surface area contributed by atoms with Gasteiger partial charge in [-0.15, -0.1) is 0 Å². The molecule has 2 heterocycles.